The summed E-state index contributed by atoms with van der Waals surface area (Å²) in [5.74, 6) is -2.28. The van der Waals surface area contributed by atoms with E-state index in [1.807, 2.05) is 6.92 Å². The van der Waals surface area contributed by atoms with Gasteiger partial charge in [-0.2, -0.15) is 37.9 Å². The Morgan fingerprint density at radius 3 is 1.37 bits per heavy atom. The van der Waals surface area contributed by atoms with Crippen LogP contribution in [0, 0.1) is 5.41 Å². The van der Waals surface area contributed by atoms with Crippen molar-refractivity contribution in [3.05, 3.63) is 0 Å². The number of ether oxygens (including phenoxy) is 4. The Morgan fingerprint density at radius 1 is 0.667 bits per heavy atom. The van der Waals surface area contributed by atoms with Gasteiger partial charge in [0.1, 0.15) is 31.8 Å². The summed E-state index contributed by atoms with van der Waals surface area (Å²) in [4.78, 5) is 46.4. The van der Waals surface area contributed by atoms with Gasteiger partial charge in [-0.05, 0) is 6.42 Å². The first-order valence-corrected chi connectivity index (χ1v) is 10.2. The summed E-state index contributed by atoms with van der Waals surface area (Å²) in [5.41, 5.74) is -1.24. The summed E-state index contributed by atoms with van der Waals surface area (Å²) in [6.07, 6.45) is 0.857. The van der Waals surface area contributed by atoms with Gasteiger partial charge in [0.25, 0.3) is 0 Å². The Morgan fingerprint density at radius 2 is 1.04 bits per heavy atom. The van der Waals surface area contributed by atoms with Crippen molar-refractivity contribution in [2.45, 2.75) is 26.2 Å². The van der Waals surface area contributed by atoms with Crippen molar-refractivity contribution in [1.82, 2.24) is 0 Å². The fraction of sp³-hybridized carbons (Fsp3) is 0.750. The Balaban J connectivity index is 5.28. The predicted octanol–water partition coefficient (Wildman–Crippen LogP) is 1.13. The molecule has 0 unspecified atom stereocenters. The summed E-state index contributed by atoms with van der Waals surface area (Å²) in [6, 6.07) is 0. The van der Waals surface area contributed by atoms with Crippen LogP contribution >= 0.6 is 37.9 Å². The van der Waals surface area contributed by atoms with Crippen LogP contribution in [0.4, 0.5) is 0 Å². The molecule has 0 aromatic carbocycles. The molecule has 0 aliphatic heterocycles. The number of hydrogen-bond acceptors (Lipinski definition) is 11. The van der Waals surface area contributed by atoms with Crippen LogP contribution in [0.5, 0.6) is 0 Å². The van der Waals surface area contributed by atoms with Crippen LogP contribution in [0.1, 0.15) is 26.2 Å². The Bertz CT molecular complexity index is 454. The van der Waals surface area contributed by atoms with Gasteiger partial charge < -0.3 is 18.9 Å². The molecule has 156 valence electrons. The number of rotatable bonds is 14. The zero-order valence-electron chi connectivity index (χ0n) is 15.2. The van der Waals surface area contributed by atoms with E-state index in [1.165, 1.54) is 0 Å². The SMILES string of the molecule is CCCC(=O)OCC(COC(=O)CS)(COC(=O)CS)COC(=O)CCS. The molecule has 0 bridgehead atoms. The van der Waals surface area contributed by atoms with Crippen LogP contribution in [0.2, 0.25) is 0 Å². The predicted molar refractivity (Wildman–Crippen MR) is 107 cm³/mol. The van der Waals surface area contributed by atoms with Gasteiger partial charge in [0, 0.05) is 12.2 Å². The van der Waals surface area contributed by atoms with Gasteiger partial charge in [-0.25, -0.2) is 0 Å². The molecule has 0 N–H and O–H groups in total. The quantitative estimate of drug-likeness (QED) is 0.209. The molecule has 0 saturated heterocycles. The average molecular weight is 443 g/mol. The molecule has 0 aromatic heterocycles. The highest BCUT2D eigenvalue weighted by molar-refractivity contribution is 7.81. The number of esters is 4. The largest absolute Gasteiger partial charge is 0.465 e. The molecular formula is C16H26O8S3. The van der Waals surface area contributed by atoms with Crippen LogP contribution in [0.25, 0.3) is 0 Å². The summed E-state index contributed by atoms with van der Waals surface area (Å²) >= 11 is 11.6. The van der Waals surface area contributed by atoms with Gasteiger partial charge >= 0.3 is 23.9 Å². The van der Waals surface area contributed by atoms with E-state index in [4.69, 9.17) is 18.9 Å². The van der Waals surface area contributed by atoms with E-state index in [2.05, 4.69) is 37.9 Å². The first kappa shape index (κ1) is 25.9. The molecule has 0 atom stereocenters. The Labute approximate surface area is 175 Å². The molecule has 11 heteroatoms. The lowest BCUT2D eigenvalue weighted by Gasteiger charge is -2.31. The highest BCUT2D eigenvalue weighted by Crippen LogP contribution is 2.22. The van der Waals surface area contributed by atoms with E-state index in [1.54, 1.807) is 0 Å². The molecule has 0 heterocycles. The summed E-state index contributed by atoms with van der Waals surface area (Å²) in [7, 11) is 0. The smallest absolute Gasteiger partial charge is 0.315 e. The highest BCUT2D eigenvalue weighted by Gasteiger charge is 2.37. The van der Waals surface area contributed by atoms with E-state index in [0.29, 0.717) is 12.2 Å². The second kappa shape index (κ2) is 14.9. The second-order valence-electron chi connectivity index (χ2n) is 5.68. The molecule has 0 aliphatic rings. The van der Waals surface area contributed by atoms with Crippen molar-refractivity contribution >= 4 is 61.8 Å². The molecular weight excluding hydrogens is 416 g/mol. The molecule has 0 fully saturated rings. The molecule has 0 rings (SSSR count). The molecule has 8 nitrogen and oxygen atoms in total. The van der Waals surface area contributed by atoms with Crippen LogP contribution in [0.3, 0.4) is 0 Å². The second-order valence-corrected chi connectivity index (χ2v) is 6.76. The zero-order valence-corrected chi connectivity index (χ0v) is 17.9. The maximum Gasteiger partial charge on any atom is 0.315 e. The van der Waals surface area contributed by atoms with Gasteiger partial charge in [-0.1, -0.05) is 6.92 Å². The minimum absolute atomic E-state index is 0.0711. The van der Waals surface area contributed by atoms with Crippen molar-refractivity contribution in [3.8, 4) is 0 Å². The fourth-order valence-electron chi connectivity index (χ4n) is 1.72. The third kappa shape index (κ3) is 12.1. The first-order valence-electron chi connectivity index (χ1n) is 8.27. The van der Waals surface area contributed by atoms with Gasteiger partial charge in [-0.3, -0.25) is 19.2 Å². The van der Waals surface area contributed by atoms with E-state index in [-0.39, 0.29) is 50.8 Å². The van der Waals surface area contributed by atoms with Crippen LogP contribution in [-0.2, 0) is 38.1 Å². The highest BCUT2D eigenvalue weighted by atomic mass is 32.1. The summed E-state index contributed by atoms with van der Waals surface area (Å²) < 4.78 is 20.5. The third-order valence-corrected chi connectivity index (χ3v) is 3.93. The van der Waals surface area contributed by atoms with E-state index in [0.717, 1.165) is 0 Å². The lowest BCUT2D eigenvalue weighted by Crippen LogP contribution is -2.44. The fourth-order valence-corrected chi connectivity index (χ4v) is 2.08. The van der Waals surface area contributed by atoms with E-state index >= 15 is 0 Å². The Kier molecular flexibility index (Phi) is 14.3. The van der Waals surface area contributed by atoms with Crippen molar-refractivity contribution in [3.63, 3.8) is 0 Å². The van der Waals surface area contributed by atoms with E-state index < -0.39 is 29.3 Å². The van der Waals surface area contributed by atoms with Crippen molar-refractivity contribution in [2.75, 3.05) is 43.7 Å². The molecule has 0 radical (unpaired) electrons. The number of carbonyl (C=O) groups is 4. The molecule has 0 spiro atoms. The van der Waals surface area contributed by atoms with Crippen LogP contribution in [0.15, 0.2) is 0 Å². The minimum atomic E-state index is -1.24. The number of hydrogen-bond donors (Lipinski definition) is 3. The molecule has 0 amide bonds. The molecule has 0 aromatic rings. The third-order valence-electron chi connectivity index (χ3n) is 3.19. The van der Waals surface area contributed by atoms with Crippen molar-refractivity contribution < 1.29 is 38.1 Å². The minimum Gasteiger partial charge on any atom is -0.465 e. The van der Waals surface area contributed by atoms with Crippen LogP contribution < -0.4 is 0 Å². The lowest BCUT2D eigenvalue weighted by molar-refractivity contribution is -0.168. The van der Waals surface area contributed by atoms with Gasteiger partial charge in [0.2, 0.25) is 0 Å². The van der Waals surface area contributed by atoms with Crippen LogP contribution in [-0.4, -0.2) is 67.6 Å². The maximum absolute atomic E-state index is 11.7. The first-order chi connectivity index (χ1) is 12.8. The Hall–Kier alpha value is -1.07. The zero-order chi connectivity index (χ0) is 20.7. The van der Waals surface area contributed by atoms with Gasteiger partial charge in [-0.15, -0.1) is 0 Å². The van der Waals surface area contributed by atoms with Crippen molar-refractivity contribution in [1.29, 1.82) is 0 Å². The average Bonchev–Trinajstić information content (AvgIpc) is 2.66. The molecule has 27 heavy (non-hydrogen) atoms. The van der Waals surface area contributed by atoms with E-state index in [9.17, 15) is 19.2 Å². The lowest BCUT2D eigenvalue weighted by atomic mass is 9.92. The summed E-state index contributed by atoms with van der Waals surface area (Å²) in [5, 5.41) is 0. The van der Waals surface area contributed by atoms with Gasteiger partial charge in [0.05, 0.1) is 17.9 Å². The maximum atomic E-state index is 11.7. The molecule has 0 aliphatic carbocycles. The topological polar surface area (TPSA) is 105 Å². The normalized spacial score (nSPS) is 10.8. The summed E-state index contributed by atoms with van der Waals surface area (Å²) in [6.45, 7) is 0.689. The standard InChI is InChI=1S/C16H26O8S3/c1-2-3-12(17)21-8-16(10-23-14(19)6-26,11-24-15(20)7-27)9-22-13(18)4-5-25/h25-27H,2-11H2,1H3. The number of carbonyl (C=O) groups excluding carboxylic acids is 4. The number of thiol groups is 3. The van der Waals surface area contributed by atoms with Gasteiger partial charge in [0.15, 0.2) is 0 Å². The van der Waals surface area contributed by atoms with Crippen molar-refractivity contribution in [2.24, 2.45) is 5.41 Å². The molecule has 0 saturated carbocycles. The monoisotopic (exact) mass is 442 g/mol.